The zero-order chi connectivity index (χ0) is 27.0. The predicted molar refractivity (Wildman–Crippen MR) is 142 cm³/mol. The van der Waals surface area contributed by atoms with Gasteiger partial charge in [0.15, 0.2) is 5.13 Å². The Labute approximate surface area is 227 Å². The maximum Gasteiger partial charge on any atom is 0.350 e. The van der Waals surface area contributed by atoms with Gasteiger partial charge in [-0.25, -0.2) is 9.78 Å². The Bertz CT molecular complexity index is 1470. The Hall–Kier alpha value is -3.40. The van der Waals surface area contributed by atoms with Crippen LogP contribution in [-0.2, 0) is 14.3 Å². The van der Waals surface area contributed by atoms with Gasteiger partial charge >= 0.3 is 11.9 Å². The third-order valence-corrected chi connectivity index (χ3v) is 7.54. The van der Waals surface area contributed by atoms with Crippen molar-refractivity contribution in [2.24, 2.45) is 0 Å². The molecule has 0 bridgehead atoms. The Balaban J connectivity index is 1.96. The maximum absolute atomic E-state index is 13.4. The molecule has 11 heteroatoms. The molecule has 1 unspecified atom stereocenters. The van der Waals surface area contributed by atoms with Crippen LogP contribution in [0.2, 0.25) is 10.0 Å². The zero-order valence-corrected chi connectivity index (χ0v) is 22.6. The predicted octanol–water partition coefficient (Wildman–Crippen LogP) is 5.88. The number of nitrogens with zero attached hydrogens (tertiary/aromatic N) is 2. The molecule has 2 heterocycles. The fourth-order valence-corrected chi connectivity index (χ4v) is 5.59. The highest BCUT2D eigenvalue weighted by Gasteiger charge is 2.49. The second kappa shape index (κ2) is 10.5. The molecule has 1 aliphatic heterocycles. The summed E-state index contributed by atoms with van der Waals surface area (Å²) in [5, 5.41) is 12.0. The third kappa shape index (κ3) is 4.82. The molecule has 192 valence electrons. The smallest absolute Gasteiger partial charge is 0.350 e. The number of aliphatic hydroxyl groups excluding tert-OH is 1. The largest absolute Gasteiger partial charge is 0.507 e. The van der Waals surface area contributed by atoms with Gasteiger partial charge in [0.05, 0.1) is 31.0 Å². The zero-order valence-electron chi connectivity index (χ0n) is 20.3. The minimum atomic E-state index is -1.13. The van der Waals surface area contributed by atoms with Crippen LogP contribution >= 0.6 is 34.5 Å². The topological polar surface area (TPSA) is 106 Å². The first-order valence-electron chi connectivity index (χ1n) is 11.1. The number of methoxy groups -OCH3 is 1. The number of amides is 1. The standard InChI is InChI=1S/C26H22Cl2N2O6S/c1-5-36-25(34)23-13(3)29-26(37-23)30-20(17-8-6-14(27)11-18(17)28)19(22(32)24(30)33)21(31)16-9-7-15(35-4)10-12(16)2/h6-11,20,31H,5H2,1-4H3. The van der Waals surface area contributed by atoms with Gasteiger partial charge in [0.25, 0.3) is 5.78 Å². The number of carbonyl (C=O) groups is 3. The molecule has 2 aromatic carbocycles. The van der Waals surface area contributed by atoms with E-state index < -0.39 is 23.7 Å². The summed E-state index contributed by atoms with van der Waals surface area (Å²) in [4.78, 5) is 45.0. The number of thiazole rings is 1. The number of aliphatic hydroxyl groups is 1. The van der Waals surface area contributed by atoms with E-state index in [4.69, 9.17) is 32.7 Å². The van der Waals surface area contributed by atoms with Gasteiger partial charge < -0.3 is 14.6 Å². The van der Waals surface area contributed by atoms with Crippen molar-refractivity contribution >= 4 is 63.1 Å². The van der Waals surface area contributed by atoms with Gasteiger partial charge in [0.1, 0.15) is 16.4 Å². The van der Waals surface area contributed by atoms with E-state index in [1.165, 1.54) is 13.2 Å². The first kappa shape index (κ1) is 26.7. The molecule has 37 heavy (non-hydrogen) atoms. The minimum absolute atomic E-state index is 0.0872. The lowest BCUT2D eigenvalue weighted by atomic mass is 9.94. The van der Waals surface area contributed by atoms with Crippen LogP contribution in [0.3, 0.4) is 0 Å². The van der Waals surface area contributed by atoms with E-state index in [0.717, 1.165) is 16.2 Å². The molecule has 1 fully saturated rings. The molecule has 1 aliphatic rings. The van der Waals surface area contributed by atoms with Gasteiger partial charge in [0.2, 0.25) is 0 Å². The number of hydrogen-bond donors (Lipinski definition) is 1. The Morgan fingerprint density at radius 2 is 1.89 bits per heavy atom. The second-order valence-corrected chi connectivity index (χ2v) is 9.97. The van der Waals surface area contributed by atoms with E-state index in [-0.39, 0.29) is 33.0 Å². The van der Waals surface area contributed by atoms with Gasteiger partial charge in [-0.3, -0.25) is 14.5 Å². The Morgan fingerprint density at radius 1 is 1.16 bits per heavy atom. The third-order valence-electron chi connectivity index (χ3n) is 5.84. The molecule has 1 amide bonds. The molecule has 1 atom stereocenters. The average Bonchev–Trinajstić information content (AvgIpc) is 3.35. The Kier molecular flexibility index (Phi) is 7.59. The highest BCUT2D eigenvalue weighted by molar-refractivity contribution is 7.17. The lowest BCUT2D eigenvalue weighted by molar-refractivity contribution is -0.132. The average molecular weight is 561 g/mol. The number of carbonyl (C=O) groups excluding carboxylic acids is 3. The fraction of sp³-hybridized carbons (Fsp3) is 0.231. The summed E-state index contributed by atoms with van der Waals surface area (Å²) in [5.74, 6) is -2.25. The molecule has 1 saturated heterocycles. The number of Topliss-reactive ketones (excluding diaryl/α,β-unsaturated/α-hetero) is 1. The van der Waals surface area contributed by atoms with Gasteiger partial charge in [0, 0.05) is 15.6 Å². The van der Waals surface area contributed by atoms with Crippen molar-refractivity contribution in [3.8, 4) is 5.75 Å². The second-order valence-electron chi connectivity index (χ2n) is 8.15. The fourth-order valence-electron chi connectivity index (χ4n) is 4.09. The van der Waals surface area contributed by atoms with Crippen molar-refractivity contribution in [2.75, 3.05) is 18.6 Å². The van der Waals surface area contributed by atoms with Crippen molar-refractivity contribution in [2.45, 2.75) is 26.8 Å². The first-order chi connectivity index (χ1) is 17.6. The minimum Gasteiger partial charge on any atom is -0.507 e. The monoisotopic (exact) mass is 560 g/mol. The Morgan fingerprint density at radius 3 is 2.51 bits per heavy atom. The summed E-state index contributed by atoms with van der Waals surface area (Å²) in [6.07, 6.45) is 0. The van der Waals surface area contributed by atoms with Gasteiger partial charge in [-0.15, -0.1) is 0 Å². The van der Waals surface area contributed by atoms with E-state index in [1.807, 2.05) is 0 Å². The number of anilines is 1. The van der Waals surface area contributed by atoms with Crippen molar-refractivity contribution in [1.82, 2.24) is 4.98 Å². The lowest BCUT2D eigenvalue weighted by Gasteiger charge is -2.24. The van der Waals surface area contributed by atoms with Crippen LogP contribution in [0.25, 0.3) is 5.76 Å². The van der Waals surface area contributed by atoms with Crippen molar-refractivity contribution in [3.05, 3.63) is 79.3 Å². The van der Waals surface area contributed by atoms with Crippen molar-refractivity contribution < 1.29 is 29.0 Å². The number of aromatic nitrogens is 1. The summed E-state index contributed by atoms with van der Waals surface area (Å²) < 4.78 is 10.3. The molecular weight excluding hydrogens is 539 g/mol. The molecule has 0 radical (unpaired) electrons. The van der Waals surface area contributed by atoms with E-state index >= 15 is 0 Å². The number of halogens is 2. The maximum atomic E-state index is 13.4. The molecule has 3 aromatic rings. The van der Waals surface area contributed by atoms with E-state index in [1.54, 1.807) is 51.1 Å². The summed E-state index contributed by atoms with van der Waals surface area (Å²) in [6.45, 7) is 5.19. The highest BCUT2D eigenvalue weighted by atomic mass is 35.5. The molecule has 8 nitrogen and oxygen atoms in total. The SMILES string of the molecule is CCOC(=O)c1sc(N2C(=O)C(=O)C(=C(O)c3ccc(OC)cc3C)C2c2ccc(Cl)cc2Cl)nc1C. The summed E-state index contributed by atoms with van der Waals surface area (Å²) in [7, 11) is 1.52. The summed E-state index contributed by atoms with van der Waals surface area (Å²) in [6, 6.07) is 8.43. The quantitative estimate of drug-likeness (QED) is 0.173. The number of esters is 1. The van der Waals surface area contributed by atoms with Crippen LogP contribution in [0.1, 0.15) is 45.0 Å². The summed E-state index contributed by atoms with van der Waals surface area (Å²) >= 11 is 13.5. The van der Waals surface area contributed by atoms with E-state index in [0.29, 0.717) is 33.2 Å². The number of hydrogen-bond acceptors (Lipinski definition) is 8. The molecule has 0 spiro atoms. The number of rotatable bonds is 6. The van der Waals surface area contributed by atoms with Gasteiger partial charge in [-0.05, 0) is 62.2 Å². The number of benzene rings is 2. The van der Waals surface area contributed by atoms with Crippen LogP contribution in [0.15, 0.2) is 42.0 Å². The van der Waals surface area contributed by atoms with Gasteiger partial charge in [-0.2, -0.15) is 0 Å². The molecule has 0 saturated carbocycles. The van der Waals surface area contributed by atoms with Crippen molar-refractivity contribution in [1.29, 1.82) is 0 Å². The highest BCUT2D eigenvalue weighted by Crippen LogP contribution is 2.46. The number of ether oxygens (including phenoxy) is 2. The molecule has 1 N–H and O–H groups in total. The van der Waals surface area contributed by atoms with E-state index in [2.05, 4.69) is 4.98 Å². The summed E-state index contributed by atoms with van der Waals surface area (Å²) in [5.41, 5.74) is 1.49. The van der Waals surface area contributed by atoms with Crippen LogP contribution in [0.4, 0.5) is 5.13 Å². The van der Waals surface area contributed by atoms with Crippen LogP contribution in [0.5, 0.6) is 5.75 Å². The van der Waals surface area contributed by atoms with Crippen LogP contribution in [-0.4, -0.2) is 41.5 Å². The first-order valence-corrected chi connectivity index (χ1v) is 12.7. The van der Waals surface area contributed by atoms with Crippen LogP contribution in [0, 0.1) is 13.8 Å². The lowest BCUT2D eigenvalue weighted by Crippen LogP contribution is -2.29. The van der Waals surface area contributed by atoms with E-state index in [9.17, 15) is 19.5 Å². The number of ketones is 1. The molecular formula is C26H22Cl2N2O6S. The molecule has 0 aliphatic carbocycles. The van der Waals surface area contributed by atoms with Crippen LogP contribution < -0.4 is 9.64 Å². The van der Waals surface area contributed by atoms with Gasteiger partial charge in [-0.1, -0.05) is 40.6 Å². The molecule has 4 rings (SSSR count). The molecule has 1 aromatic heterocycles. The number of aryl methyl sites for hydroxylation is 2. The van der Waals surface area contributed by atoms with Crippen molar-refractivity contribution in [3.63, 3.8) is 0 Å². The normalized spacial score (nSPS) is 16.8.